The van der Waals surface area contributed by atoms with Gasteiger partial charge in [-0.1, -0.05) is 17.7 Å². The van der Waals surface area contributed by atoms with Crippen LogP contribution in [-0.4, -0.2) is 52.4 Å². The summed E-state index contributed by atoms with van der Waals surface area (Å²) in [6, 6.07) is 5.43. The summed E-state index contributed by atoms with van der Waals surface area (Å²) in [6.45, 7) is 5.67. The Morgan fingerprint density at radius 2 is 2.17 bits per heavy atom. The van der Waals surface area contributed by atoms with E-state index < -0.39 is 10.8 Å². The Morgan fingerprint density at radius 1 is 1.42 bits per heavy atom. The van der Waals surface area contributed by atoms with Crippen LogP contribution in [0.15, 0.2) is 18.2 Å². The number of hydrogen-bond donors (Lipinski definition) is 1. The second-order valence-electron chi connectivity index (χ2n) is 6.49. The summed E-state index contributed by atoms with van der Waals surface area (Å²) >= 11 is 6.20. The highest BCUT2D eigenvalue weighted by atomic mass is 35.5. The highest BCUT2D eigenvalue weighted by Crippen LogP contribution is 2.23. The molecule has 1 heterocycles. The van der Waals surface area contributed by atoms with Crippen molar-refractivity contribution in [2.45, 2.75) is 31.4 Å². The van der Waals surface area contributed by atoms with Crippen molar-refractivity contribution in [1.29, 1.82) is 0 Å². The Hall–Kier alpha value is -1.27. The number of nitrogens with one attached hydrogen (secondary N) is 1. The lowest BCUT2D eigenvalue weighted by Crippen LogP contribution is -2.42. The molecule has 134 valence electrons. The molecule has 0 spiro atoms. The summed E-state index contributed by atoms with van der Waals surface area (Å²) in [5, 5.41) is 3.56. The van der Waals surface area contributed by atoms with Gasteiger partial charge in [0, 0.05) is 46.0 Å². The normalized spacial score (nSPS) is 20.3. The van der Waals surface area contributed by atoms with Crippen molar-refractivity contribution in [1.82, 2.24) is 10.2 Å². The molecule has 0 aliphatic carbocycles. The molecule has 0 radical (unpaired) electrons. The number of amides is 2. The molecule has 1 saturated heterocycles. The van der Waals surface area contributed by atoms with Crippen LogP contribution in [0.4, 0.5) is 4.79 Å². The monoisotopic (exact) mass is 372 g/mol. The maximum Gasteiger partial charge on any atom is 0.317 e. The number of rotatable bonds is 4. The van der Waals surface area contributed by atoms with E-state index in [2.05, 4.69) is 5.32 Å². The standard InChI is InChI=1S/C17H25ClN2O3S/c1-17(2)7-9-20(10-11-24(17)22)16(21)19-8-6-13-4-5-14(23-3)12-15(13)18/h4-5,12H,6-11H2,1-3H3,(H,19,21)/t24-/m1/s1. The summed E-state index contributed by atoms with van der Waals surface area (Å²) in [4.78, 5) is 14.1. The number of hydrogen-bond acceptors (Lipinski definition) is 3. The third kappa shape index (κ3) is 4.86. The van der Waals surface area contributed by atoms with E-state index in [0.717, 1.165) is 12.0 Å². The first-order valence-electron chi connectivity index (χ1n) is 8.07. The van der Waals surface area contributed by atoms with Crippen LogP contribution in [0.3, 0.4) is 0 Å². The number of carbonyl (C=O) groups is 1. The molecule has 0 saturated carbocycles. The fourth-order valence-corrected chi connectivity index (χ4v) is 4.10. The average Bonchev–Trinajstić information content (AvgIpc) is 2.68. The molecule has 1 aliphatic heterocycles. The number of carbonyl (C=O) groups excluding carboxylic acids is 1. The van der Waals surface area contributed by atoms with Crippen molar-refractivity contribution in [3.63, 3.8) is 0 Å². The minimum absolute atomic E-state index is 0.102. The zero-order valence-corrected chi connectivity index (χ0v) is 16.0. The van der Waals surface area contributed by atoms with Crippen LogP contribution in [0.1, 0.15) is 25.8 Å². The van der Waals surface area contributed by atoms with Crippen molar-refractivity contribution >= 4 is 28.4 Å². The Balaban J connectivity index is 1.84. The predicted octanol–water partition coefficient (Wildman–Crippen LogP) is 2.83. The van der Waals surface area contributed by atoms with E-state index in [0.29, 0.717) is 42.6 Å². The third-order valence-corrected chi connectivity index (χ3v) is 6.71. The minimum Gasteiger partial charge on any atom is -0.497 e. The van der Waals surface area contributed by atoms with Crippen LogP contribution in [0.5, 0.6) is 5.75 Å². The van der Waals surface area contributed by atoms with Crippen LogP contribution in [-0.2, 0) is 17.2 Å². The molecule has 7 heteroatoms. The van der Waals surface area contributed by atoms with Crippen LogP contribution < -0.4 is 10.1 Å². The van der Waals surface area contributed by atoms with E-state index in [9.17, 15) is 9.00 Å². The van der Waals surface area contributed by atoms with Gasteiger partial charge in [0.25, 0.3) is 0 Å². The van der Waals surface area contributed by atoms with Gasteiger partial charge in [0.05, 0.1) is 7.11 Å². The fraction of sp³-hybridized carbons (Fsp3) is 0.588. The van der Waals surface area contributed by atoms with Gasteiger partial charge in [-0.2, -0.15) is 0 Å². The zero-order valence-electron chi connectivity index (χ0n) is 14.4. The number of urea groups is 1. The summed E-state index contributed by atoms with van der Waals surface area (Å²) in [5.41, 5.74) is 0.968. The van der Waals surface area contributed by atoms with E-state index in [1.165, 1.54) is 0 Å². The van der Waals surface area contributed by atoms with Gasteiger partial charge >= 0.3 is 6.03 Å². The number of benzene rings is 1. The van der Waals surface area contributed by atoms with E-state index in [1.54, 1.807) is 18.1 Å². The Labute approximate surface area is 151 Å². The van der Waals surface area contributed by atoms with E-state index >= 15 is 0 Å². The highest BCUT2D eigenvalue weighted by molar-refractivity contribution is 7.86. The Kier molecular flexibility index (Phi) is 6.52. The molecule has 1 aliphatic rings. The van der Waals surface area contributed by atoms with Crippen molar-refractivity contribution in [2.24, 2.45) is 0 Å². The van der Waals surface area contributed by atoms with E-state index in [4.69, 9.17) is 16.3 Å². The lowest BCUT2D eigenvalue weighted by atomic mass is 10.1. The lowest BCUT2D eigenvalue weighted by molar-refractivity contribution is 0.200. The minimum atomic E-state index is -0.898. The quantitative estimate of drug-likeness (QED) is 0.884. The van der Waals surface area contributed by atoms with E-state index in [-0.39, 0.29) is 10.8 Å². The molecule has 1 N–H and O–H groups in total. The first-order valence-corrected chi connectivity index (χ1v) is 9.77. The second kappa shape index (κ2) is 8.21. The number of halogens is 1. The Morgan fingerprint density at radius 3 is 2.83 bits per heavy atom. The number of methoxy groups -OCH3 is 1. The molecular weight excluding hydrogens is 348 g/mol. The van der Waals surface area contributed by atoms with Gasteiger partial charge in [0.1, 0.15) is 5.75 Å². The van der Waals surface area contributed by atoms with Crippen LogP contribution in [0.25, 0.3) is 0 Å². The van der Waals surface area contributed by atoms with Gasteiger partial charge < -0.3 is 15.0 Å². The van der Waals surface area contributed by atoms with Crippen LogP contribution in [0.2, 0.25) is 5.02 Å². The molecule has 1 aromatic rings. The number of nitrogens with zero attached hydrogens (tertiary/aromatic N) is 1. The predicted molar refractivity (Wildman–Crippen MR) is 98.4 cm³/mol. The third-order valence-electron chi connectivity index (χ3n) is 4.36. The SMILES string of the molecule is COc1ccc(CCNC(=O)N2CC[S@@](=O)C(C)(C)CC2)c(Cl)c1. The zero-order chi connectivity index (χ0) is 17.7. The van der Waals surface area contributed by atoms with E-state index in [1.807, 2.05) is 26.0 Å². The summed E-state index contributed by atoms with van der Waals surface area (Å²) in [7, 11) is 0.700. The van der Waals surface area contributed by atoms with Gasteiger partial charge in [0.15, 0.2) is 0 Å². The van der Waals surface area contributed by atoms with Gasteiger partial charge in [-0.25, -0.2) is 4.79 Å². The molecule has 1 atom stereocenters. The second-order valence-corrected chi connectivity index (χ2v) is 9.10. The maximum atomic E-state index is 12.3. The molecule has 2 amide bonds. The molecule has 1 aromatic carbocycles. The first-order chi connectivity index (χ1) is 11.3. The molecule has 0 unspecified atom stereocenters. The molecule has 24 heavy (non-hydrogen) atoms. The molecular formula is C17H25ClN2O3S. The smallest absolute Gasteiger partial charge is 0.317 e. The Bertz CT molecular complexity index is 622. The van der Waals surface area contributed by atoms with Crippen LogP contribution in [0, 0.1) is 0 Å². The van der Waals surface area contributed by atoms with Crippen molar-refractivity contribution in [3.05, 3.63) is 28.8 Å². The average molecular weight is 373 g/mol. The number of ether oxygens (including phenoxy) is 1. The fourth-order valence-electron chi connectivity index (χ4n) is 2.58. The lowest BCUT2D eigenvalue weighted by Gasteiger charge is -2.22. The molecule has 2 rings (SSSR count). The molecule has 1 fully saturated rings. The van der Waals surface area contributed by atoms with Crippen molar-refractivity contribution in [2.75, 3.05) is 32.5 Å². The van der Waals surface area contributed by atoms with Crippen LogP contribution >= 0.6 is 11.6 Å². The van der Waals surface area contributed by atoms with Gasteiger partial charge in [-0.15, -0.1) is 0 Å². The summed E-state index contributed by atoms with van der Waals surface area (Å²) in [6.07, 6.45) is 1.40. The molecule has 5 nitrogen and oxygen atoms in total. The largest absolute Gasteiger partial charge is 0.497 e. The molecule has 0 bridgehead atoms. The van der Waals surface area contributed by atoms with Gasteiger partial charge in [-0.05, 0) is 44.4 Å². The van der Waals surface area contributed by atoms with Crippen molar-refractivity contribution in [3.8, 4) is 5.75 Å². The molecule has 0 aromatic heterocycles. The highest BCUT2D eigenvalue weighted by Gasteiger charge is 2.31. The summed E-state index contributed by atoms with van der Waals surface area (Å²) < 4.78 is 17.0. The topological polar surface area (TPSA) is 58.6 Å². The maximum absolute atomic E-state index is 12.3. The summed E-state index contributed by atoms with van der Waals surface area (Å²) in [5.74, 6) is 1.25. The van der Waals surface area contributed by atoms with Crippen molar-refractivity contribution < 1.29 is 13.7 Å². The van der Waals surface area contributed by atoms with Gasteiger partial charge in [-0.3, -0.25) is 4.21 Å². The first kappa shape index (κ1) is 19.1. The van der Waals surface area contributed by atoms with Gasteiger partial charge in [0.2, 0.25) is 0 Å².